The van der Waals surface area contributed by atoms with Crippen LogP contribution < -0.4 is 10.1 Å². The molecule has 1 aromatic carbocycles. The van der Waals surface area contributed by atoms with Crippen molar-refractivity contribution in [2.24, 2.45) is 0 Å². The molecule has 3 heteroatoms. The Balaban J connectivity index is 0.00000220. The van der Waals surface area contributed by atoms with Gasteiger partial charge in [0.05, 0.1) is 6.61 Å². The Bertz CT molecular complexity index is 377. The van der Waals surface area contributed by atoms with Crippen LogP contribution in [-0.2, 0) is 0 Å². The Kier molecular flexibility index (Phi) is 9.53. The first-order chi connectivity index (χ1) is 9.92. The number of unbranched alkanes of at least 4 members (excludes halogenated alkanes) is 4. The Morgan fingerprint density at radius 3 is 2.52 bits per heavy atom. The minimum Gasteiger partial charge on any atom is -0.493 e. The molecule has 2 rings (SSSR count). The van der Waals surface area contributed by atoms with E-state index in [1.807, 2.05) is 0 Å². The lowest BCUT2D eigenvalue weighted by atomic mass is 9.89. The average molecular weight is 312 g/mol. The predicted octanol–water partition coefficient (Wildman–Crippen LogP) is 4.92. The lowest BCUT2D eigenvalue weighted by Crippen LogP contribution is -2.26. The molecule has 0 radical (unpaired) electrons. The molecule has 120 valence electrons. The van der Waals surface area contributed by atoms with Gasteiger partial charge in [-0.25, -0.2) is 0 Å². The molecule has 0 aliphatic carbocycles. The minimum atomic E-state index is 0. The quantitative estimate of drug-likeness (QED) is 0.688. The zero-order chi connectivity index (χ0) is 14.0. The van der Waals surface area contributed by atoms with E-state index in [0.29, 0.717) is 5.92 Å². The van der Waals surface area contributed by atoms with Gasteiger partial charge in [-0.15, -0.1) is 12.4 Å². The molecule has 0 saturated carbocycles. The van der Waals surface area contributed by atoms with Crippen LogP contribution >= 0.6 is 12.4 Å². The van der Waals surface area contributed by atoms with Crippen molar-refractivity contribution in [1.82, 2.24) is 5.32 Å². The molecule has 0 amide bonds. The van der Waals surface area contributed by atoms with Crippen LogP contribution in [0.4, 0.5) is 0 Å². The maximum absolute atomic E-state index is 6.05. The van der Waals surface area contributed by atoms with Gasteiger partial charge in [0.1, 0.15) is 5.75 Å². The second-order valence-corrected chi connectivity index (χ2v) is 5.82. The van der Waals surface area contributed by atoms with E-state index in [0.717, 1.165) is 25.4 Å². The Morgan fingerprint density at radius 1 is 1.05 bits per heavy atom. The van der Waals surface area contributed by atoms with E-state index in [1.54, 1.807) is 0 Å². The molecule has 1 N–H and O–H groups in total. The fraction of sp³-hybridized carbons (Fsp3) is 0.667. The SMILES string of the molecule is CCCCCCCOc1ccccc1C1CCNCC1.Cl. The first-order valence-electron chi connectivity index (χ1n) is 8.34. The fourth-order valence-electron chi connectivity index (χ4n) is 2.97. The van der Waals surface area contributed by atoms with Gasteiger partial charge in [0, 0.05) is 0 Å². The molecule has 0 unspecified atom stereocenters. The predicted molar refractivity (Wildman–Crippen MR) is 92.8 cm³/mol. The zero-order valence-corrected chi connectivity index (χ0v) is 14.1. The molecule has 1 saturated heterocycles. The monoisotopic (exact) mass is 311 g/mol. The molecule has 0 aromatic heterocycles. The van der Waals surface area contributed by atoms with Crippen LogP contribution in [-0.4, -0.2) is 19.7 Å². The summed E-state index contributed by atoms with van der Waals surface area (Å²) >= 11 is 0. The van der Waals surface area contributed by atoms with Gasteiger partial charge in [-0.1, -0.05) is 50.8 Å². The lowest BCUT2D eigenvalue weighted by molar-refractivity contribution is 0.297. The minimum absolute atomic E-state index is 0. The molecule has 2 nitrogen and oxygen atoms in total. The summed E-state index contributed by atoms with van der Waals surface area (Å²) < 4.78 is 6.05. The third kappa shape index (κ3) is 6.27. The van der Waals surface area contributed by atoms with Crippen LogP contribution in [0.3, 0.4) is 0 Å². The van der Waals surface area contributed by atoms with Crippen LogP contribution in [0.15, 0.2) is 24.3 Å². The summed E-state index contributed by atoms with van der Waals surface area (Å²) in [6.07, 6.45) is 8.94. The molecule has 1 fully saturated rings. The number of piperidine rings is 1. The van der Waals surface area contributed by atoms with Gasteiger partial charge < -0.3 is 10.1 Å². The summed E-state index contributed by atoms with van der Waals surface area (Å²) in [6.45, 7) is 5.39. The van der Waals surface area contributed by atoms with E-state index in [2.05, 4.69) is 36.5 Å². The molecule has 21 heavy (non-hydrogen) atoms. The van der Waals surface area contributed by atoms with Crippen LogP contribution in [0.5, 0.6) is 5.75 Å². The third-order valence-electron chi connectivity index (χ3n) is 4.20. The number of halogens is 1. The van der Waals surface area contributed by atoms with Gasteiger partial charge in [0.25, 0.3) is 0 Å². The van der Waals surface area contributed by atoms with Crippen molar-refractivity contribution in [3.05, 3.63) is 29.8 Å². The van der Waals surface area contributed by atoms with Crippen LogP contribution in [0, 0.1) is 0 Å². The van der Waals surface area contributed by atoms with Crippen molar-refractivity contribution in [2.75, 3.05) is 19.7 Å². The Hall–Kier alpha value is -0.730. The summed E-state index contributed by atoms with van der Waals surface area (Å²) in [5.74, 6) is 1.79. The first kappa shape index (κ1) is 18.3. The highest BCUT2D eigenvalue weighted by atomic mass is 35.5. The van der Waals surface area contributed by atoms with Gasteiger partial charge in [-0.05, 0) is 49.9 Å². The van der Waals surface area contributed by atoms with E-state index in [9.17, 15) is 0 Å². The van der Waals surface area contributed by atoms with E-state index in [-0.39, 0.29) is 12.4 Å². The number of hydrogen-bond donors (Lipinski definition) is 1. The molecule has 0 spiro atoms. The summed E-state index contributed by atoms with van der Waals surface area (Å²) in [5, 5.41) is 3.43. The smallest absolute Gasteiger partial charge is 0.122 e. The maximum atomic E-state index is 6.05. The van der Waals surface area contributed by atoms with Gasteiger partial charge in [-0.2, -0.15) is 0 Å². The topological polar surface area (TPSA) is 21.3 Å². The number of ether oxygens (including phenoxy) is 1. The number of nitrogens with one attached hydrogen (secondary N) is 1. The third-order valence-corrected chi connectivity index (χ3v) is 4.20. The first-order valence-corrected chi connectivity index (χ1v) is 8.34. The maximum Gasteiger partial charge on any atom is 0.122 e. The van der Waals surface area contributed by atoms with Gasteiger partial charge in [0.15, 0.2) is 0 Å². The summed E-state index contributed by atoms with van der Waals surface area (Å²) in [7, 11) is 0. The largest absolute Gasteiger partial charge is 0.493 e. The second kappa shape index (κ2) is 10.9. The fourth-order valence-corrected chi connectivity index (χ4v) is 2.97. The number of hydrogen-bond acceptors (Lipinski definition) is 2. The standard InChI is InChI=1S/C18H29NO.ClH/c1-2-3-4-5-8-15-20-18-10-7-6-9-17(18)16-11-13-19-14-12-16;/h6-7,9-10,16,19H,2-5,8,11-15H2,1H3;1H. The molecule has 0 bridgehead atoms. The Morgan fingerprint density at radius 2 is 1.76 bits per heavy atom. The number of rotatable bonds is 8. The van der Waals surface area contributed by atoms with Gasteiger partial charge in [0.2, 0.25) is 0 Å². The average Bonchev–Trinajstić information content (AvgIpc) is 2.52. The summed E-state index contributed by atoms with van der Waals surface area (Å²) in [6, 6.07) is 8.63. The molecular weight excluding hydrogens is 282 g/mol. The lowest BCUT2D eigenvalue weighted by Gasteiger charge is -2.25. The molecule has 1 aromatic rings. The zero-order valence-electron chi connectivity index (χ0n) is 13.3. The molecule has 1 aliphatic heterocycles. The molecule has 1 heterocycles. The van der Waals surface area contributed by atoms with Crippen molar-refractivity contribution in [2.45, 2.75) is 57.8 Å². The number of para-hydroxylation sites is 1. The molecule has 1 aliphatic rings. The number of benzene rings is 1. The highest BCUT2D eigenvalue weighted by molar-refractivity contribution is 5.85. The highest BCUT2D eigenvalue weighted by Crippen LogP contribution is 2.32. The van der Waals surface area contributed by atoms with E-state index in [1.165, 1.54) is 50.5 Å². The van der Waals surface area contributed by atoms with E-state index in [4.69, 9.17) is 4.74 Å². The van der Waals surface area contributed by atoms with Crippen molar-refractivity contribution in [1.29, 1.82) is 0 Å². The Labute approximate surface area is 136 Å². The van der Waals surface area contributed by atoms with E-state index >= 15 is 0 Å². The summed E-state index contributed by atoms with van der Waals surface area (Å²) in [5.41, 5.74) is 1.42. The van der Waals surface area contributed by atoms with Crippen LogP contribution in [0.2, 0.25) is 0 Å². The normalized spacial score (nSPS) is 15.5. The summed E-state index contributed by atoms with van der Waals surface area (Å²) in [4.78, 5) is 0. The van der Waals surface area contributed by atoms with Crippen molar-refractivity contribution in [3.8, 4) is 5.75 Å². The van der Waals surface area contributed by atoms with Crippen molar-refractivity contribution < 1.29 is 4.74 Å². The molecule has 0 atom stereocenters. The van der Waals surface area contributed by atoms with Gasteiger partial charge >= 0.3 is 0 Å². The molecular formula is C18H30ClNO. The van der Waals surface area contributed by atoms with Crippen LogP contribution in [0.25, 0.3) is 0 Å². The second-order valence-electron chi connectivity index (χ2n) is 5.82. The van der Waals surface area contributed by atoms with Crippen molar-refractivity contribution >= 4 is 12.4 Å². The van der Waals surface area contributed by atoms with Gasteiger partial charge in [-0.3, -0.25) is 0 Å². The van der Waals surface area contributed by atoms with Crippen molar-refractivity contribution in [3.63, 3.8) is 0 Å². The van der Waals surface area contributed by atoms with Crippen LogP contribution in [0.1, 0.15) is 63.4 Å². The highest BCUT2D eigenvalue weighted by Gasteiger charge is 2.18. The van der Waals surface area contributed by atoms with E-state index < -0.39 is 0 Å².